The van der Waals surface area contributed by atoms with Gasteiger partial charge >= 0.3 is 0 Å². The second-order valence-electron chi connectivity index (χ2n) is 5.72. The Labute approximate surface area is 148 Å². The number of pyridine rings is 1. The minimum absolute atomic E-state index is 0.293. The van der Waals surface area contributed by atoms with Gasteiger partial charge in [-0.1, -0.05) is 12.1 Å². The van der Waals surface area contributed by atoms with E-state index in [2.05, 4.69) is 20.3 Å². The van der Waals surface area contributed by atoms with Gasteiger partial charge in [-0.25, -0.2) is 18.7 Å². The van der Waals surface area contributed by atoms with Crippen LogP contribution in [0.5, 0.6) is 0 Å². The molecule has 4 nitrogen and oxygen atoms in total. The third kappa shape index (κ3) is 2.75. The largest absolute Gasteiger partial charge is 0.372 e. The van der Waals surface area contributed by atoms with Crippen LogP contribution in [0.25, 0.3) is 33.4 Å². The maximum atomic E-state index is 15.2. The van der Waals surface area contributed by atoms with Crippen LogP contribution < -0.4 is 5.32 Å². The summed E-state index contributed by atoms with van der Waals surface area (Å²) in [4.78, 5) is 13.0. The first-order chi connectivity index (χ1) is 12.7. The second kappa shape index (κ2) is 6.48. The third-order valence-electron chi connectivity index (χ3n) is 4.11. The molecule has 0 fully saturated rings. The molecule has 26 heavy (non-hydrogen) atoms. The lowest BCUT2D eigenvalue weighted by atomic mass is 10.0. The van der Waals surface area contributed by atoms with Crippen LogP contribution in [0, 0.1) is 11.6 Å². The highest BCUT2D eigenvalue weighted by molar-refractivity contribution is 5.94. The lowest BCUT2D eigenvalue weighted by Gasteiger charge is -2.12. The molecule has 0 amide bonds. The molecule has 0 saturated heterocycles. The van der Waals surface area contributed by atoms with Crippen LogP contribution >= 0.6 is 0 Å². The number of nitrogens with zero attached hydrogens (tertiary/aromatic N) is 3. The number of fused-ring (bicyclic) bond motifs is 1. The average Bonchev–Trinajstić information content (AvgIpc) is 2.69. The van der Waals surface area contributed by atoms with Crippen LogP contribution in [0.2, 0.25) is 0 Å². The molecule has 0 saturated carbocycles. The number of benzene rings is 2. The molecule has 128 valence electrons. The van der Waals surface area contributed by atoms with Gasteiger partial charge in [0.2, 0.25) is 0 Å². The van der Waals surface area contributed by atoms with Crippen LogP contribution in [0.4, 0.5) is 14.6 Å². The Morgan fingerprint density at radius 3 is 2.38 bits per heavy atom. The Kier molecular flexibility index (Phi) is 4.01. The SMILES string of the molecule is CNc1nc(-c2cccnc2)nc2ccc(-c3ccc(F)cc3)c(F)c12. The number of anilines is 1. The van der Waals surface area contributed by atoms with E-state index in [0.29, 0.717) is 33.7 Å². The monoisotopic (exact) mass is 348 g/mol. The number of hydrogen-bond donors (Lipinski definition) is 1. The molecular weight excluding hydrogens is 334 g/mol. The van der Waals surface area contributed by atoms with Crippen LogP contribution in [-0.2, 0) is 0 Å². The lowest BCUT2D eigenvalue weighted by Crippen LogP contribution is -2.01. The van der Waals surface area contributed by atoms with Crippen molar-refractivity contribution in [1.82, 2.24) is 15.0 Å². The number of halogens is 2. The van der Waals surface area contributed by atoms with Gasteiger partial charge in [-0.3, -0.25) is 4.98 Å². The highest BCUT2D eigenvalue weighted by Gasteiger charge is 2.16. The van der Waals surface area contributed by atoms with Gasteiger partial charge in [-0.05, 0) is 42.0 Å². The van der Waals surface area contributed by atoms with E-state index >= 15 is 4.39 Å². The predicted octanol–water partition coefficient (Wildman–Crippen LogP) is 4.68. The average molecular weight is 348 g/mol. The maximum absolute atomic E-state index is 15.2. The maximum Gasteiger partial charge on any atom is 0.163 e. The minimum atomic E-state index is -0.448. The first kappa shape index (κ1) is 16.1. The van der Waals surface area contributed by atoms with E-state index in [4.69, 9.17) is 0 Å². The lowest BCUT2D eigenvalue weighted by molar-refractivity contribution is 0.627. The van der Waals surface area contributed by atoms with Crippen molar-refractivity contribution >= 4 is 16.7 Å². The molecule has 4 rings (SSSR count). The van der Waals surface area contributed by atoms with Crippen molar-refractivity contribution in [2.45, 2.75) is 0 Å². The van der Waals surface area contributed by atoms with Crippen LogP contribution in [0.1, 0.15) is 0 Å². The molecule has 2 aromatic heterocycles. The van der Waals surface area contributed by atoms with Gasteiger partial charge in [-0.15, -0.1) is 0 Å². The number of hydrogen-bond acceptors (Lipinski definition) is 4. The summed E-state index contributed by atoms with van der Waals surface area (Å²) in [6.45, 7) is 0. The number of rotatable bonds is 3. The molecule has 1 N–H and O–H groups in total. The molecule has 4 aromatic rings. The molecule has 0 aliphatic rings. The summed E-state index contributed by atoms with van der Waals surface area (Å²) in [5, 5.41) is 3.23. The van der Waals surface area contributed by atoms with Crippen molar-refractivity contribution in [1.29, 1.82) is 0 Å². The zero-order chi connectivity index (χ0) is 18.1. The van der Waals surface area contributed by atoms with Crippen molar-refractivity contribution in [2.24, 2.45) is 0 Å². The van der Waals surface area contributed by atoms with Gasteiger partial charge in [0, 0.05) is 30.6 Å². The quantitative estimate of drug-likeness (QED) is 0.584. The van der Waals surface area contributed by atoms with Gasteiger partial charge in [0.15, 0.2) is 5.82 Å². The van der Waals surface area contributed by atoms with E-state index in [1.807, 2.05) is 6.07 Å². The van der Waals surface area contributed by atoms with E-state index in [1.54, 1.807) is 49.8 Å². The van der Waals surface area contributed by atoms with Gasteiger partial charge in [-0.2, -0.15) is 0 Å². The molecule has 6 heteroatoms. The summed E-state index contributed by atoms with van der Waals surface area (Å²) in [6.07, 6.45) is 3.32. The summed E-state index contributed by atoms with van der Waals surface area (Å²) < 4.78 is 28.4. The van der Waals surface area contributed by atoms with E-state index in [0.717, 1.165) is 5.56 Å². The molecule has 0 atom stereocenters. The third-order valence-corrected chi connectivity index (χ3v) is 4.11. The minimum Gasteiger partial charge on any atom is -0.372 e. The standard InChI is InChI=1S/C20H14F2N4/c1-23-20-17-16(25-19(26-20)13-3-2-10-24-11-13)9-8-15(18(17)22)12-4-6-14(21)7-5-12/h2-11H,1H3,(H,23,25,26). The van der Waals surface area contributed by atoms with Crippen LogP contribution in [0.15, 0.2) is 60.9 Å². The van der Waals surface area contributed by atoms with Crippen molar-refractivity contribution in [3.63, 3.8) is 0 Å². The van der Waals surface area contributed by atoms with Gasteiger partial charge in [0.1, 0.15) is 17.5 Å². The van der Waals surface area contributed by atoms with Gasteiger partial charge < -0.3 is 5.32 Å². The fourth-order valence-corrected chi connectivity index (χ4v) is 2.84. The molecular formula is C20H14F2N4. The van der Waals surface area contributed by atoms with Crippen LogP contribution in [0.3, 0.4) is 0 Å². The smallest absolute Gasteiger partial charge is 0.163 e. The summed E-state index contributed by atoms with van der Waals surface area (Å²) >= 11 is 0. The Morgan fingerprint density at radius 2 is 1.69 bits per heavy atom. The first-order valence-corrected chi connectivity index (χ1v) is 8.01. The van der Waals surface area contributed by atoms with Crippen molar-refractivity contribution in [3.05, 3.63) is 72.6 Å². The molecule has 0 spiro atoms. The van der Waals surface area contributed by atoms with Gasteiger partial charge in [0.05, 0.1) is 10.9 Å². The Hall–Kier alpha value is -3.41. The normalized spacial score (nSPS) is 10.9. The zero-order valence-corrected chi connectivity index (χ0v) is 13.9. The molecule has 0 unspecified atom stereocenters. The summed E-state index contributed by atoms with van der Waals surface area (Å²) in [7, 11) is 1.68. The Balaban J connectivity index is 1.93. The first-order valence-electron chi connectivity index (χ1n) is 8.01. The predicted molar refractivity (Wildman–Crippen MR) is 97.7 cm³/mol. The number of aromatic nitrogens is 3. The molecule has 2 aromatic carbocycles. The second-order valence-corrected chi connectivity index (χ2v) is 5.72. The number of nitrogens with one attached hydrogen (secondary N) is 1. The van der Waals surface area contributed by atoms with E-state index < -0.39 is 5.82 Å². The topological polar surface area (TPSA) is 50.7 Å². The molecule has 2 heterocycles. The molecule has 0 bridgehead atoms. The van der Waals surface area contributed by atoms with Crippen LogP contribution in [-0.4, -0.2) is 22.0 Å². The fourth-order valence-electron chi connectivity index (χ4n) is 2.84. The van der Waals surface area contributed by atoms with Gasteiger partial charge in [0.25, 0.3) is 0 Å². The highest BCUT2D eigenvalue weighted by atomic mass is 19.1. The van der Waals surface area contributed by atoms with Crippen molar-refractivity contribution in [3.8, 4) is 22.5 Å². The molecule has 0 aliphatic heterocycles. The Bertz CT molecular complexity index is 1080. The fraction of sp³-hybridized carbons (Fsp3) is 0.0500. The molecule has 0 radical (unpaired) electrons. The summed E-state index contributed by atoms with van der Waals surface area (Å²) in [6, 6.07) is 12.7. The van der Waals surface area contributed by atoms with E-state index in [1.165, 1.54) is 12.1 Å². The van der Waals surface area contributed by atoms with E-state index in [9.17, 15) is 4.39 Å². The summed E-state index contributed by atoms with van der Waals surface area (Å²) in [5.41, 5.74) is 2.18. The van der Waals surface area contributed by atoms with Crippen molar-refractivity contribution in [2.75, 3.05) is 12.4 Å². The van der Waals surface area contributed by atoms with E-state index in [-0.39, 0.29) is 5.82 Å². The zero-order valence-electron chi connectivity index (χ0n) is 13.9. The summed E-state index contributed by atoms with van der Waals surface area (Å²) in [5.74, 6) is 0.0331. The Morgan fingerprint density at radius 1 is 0.885 bits per heavy atom. The highest BCUT2D eigenvalue weighted by Crippen LogP contribution is 2.33. The molecule has 0 aliphatic carbocycles. The van der Waals surface area contributed by atoms with Crippen molar-refractivity contribution < 1.29 is 8.78 Å².